The van der Waals surface area contributed by atoms with Crippen molar-refractivity contribution in [2.24, 2.45) is 0 Å². The van der Waals surface area contributed by atoms with Gasteiger partial charge in [-0.1, -0.05) is 132 Å². The second-order valence-corrected chi connectivity index (χ2v) is 16.3. The van der Waals surface area contributed by atoms with E-state index < -0.39 is 99.3 Å². The third-order valence-electron chi connectivity index (χ3n) is 10.8. The van der Waals surface area contributed by atoms with Crippen molar-refractivity contribution in [2.45, 2.75) is 197 Å². The Labute approximate surface area is 381 Å². The summed E-state index contributed by atoms with van der Waals surface area (Å²) in [5.74, 6) is -0.994. The van der Waals surface area contributed by atoms with Gasteiger partial charge in [0.15, 0.2) is 18.7 Å². The molecule has 0 aromatic carbocycles. The molecule has 7 N–H and O–H groups in total. The Morgan fingerprint density at radius 2 is 0.984 bits per heavy atom. The van der Waals surface area contributed by atoms with Crippen molar-refractivity contribution >= 4 is 11.9 Å². The zero-order chi connectivity index (χ0) is 46.8. The van der Waals surface area contributed by atoms with E-state index in [1.165, 1.54) is 19.3 Å². The Hall–Kier alpha value is -3.06. The van der Waals surface area contributed by atoms with Crippen LogP contribution in [0.4, 0.5) is 0 Å². The van der Waals surface area contributed by atoms with Crippen LogP contribution < -0.4 is 0 Å². The number of unbranched alkanes of at least 4 members (excludes halogenated alkanes) is 12. The first-order valence-corrected chi connectivity index (χ1v) is 23.6. The van der Waals surface area contributed by atoms with Gasteiger partial charge >= 0.3 is 11.9 Å². The highest BCUT2D eigenvalue weighted by molar-refractivity contribution is 5.70. The van der Waals surface area contributed by atoms with Crippen molar-refractivity contribution in [1.82, 2.24) is 0 Å². The normalized spacial score (nSPS) is 27.3. The zero-order valence-corrected chi connectivity index (χ0v) is 38.2. The number of carbonyl (C=O) groups is 2. The van der Waals surface area contributed by atoms with Gasteiger partial charge in [0.1, 0.15) is 55.4 Å². The highest BCUT2D eigenvalue weighted by Crippen LogP contribution is 2.26. The number of ether oxygens (including phenoxy) is 6. The molecule has 366 valence electrons. The van der Waals surface area contributed by atoms with E-state index in [4.69, 9.17) is 28.4 Å². The lowest BCUT2D eigenvalue weighted by molar-refractivity contribution is -0.332. The first-order valence-electron chi connectivity index (χ1n) is 23.6. The Balaban J connectivity index is 1.87. The van der Waals surface area contributed by atoms with Crippen LogP contribution in [0.3, 0.4) is 0 Å². The predicted octanol–water partition coefficient (Wildman–Crippen LogP) is 5.48. The number of carbonyl (C=O) groups excluding carboxylic acids is 2. The van der Waals surface area contributed by atoms with Crippen LogP contribution in [0.25, 0.3) is 0 Å². The Morgan fingerprint density at radius 3 is 1.58 bits per heavy atom. The summed E-state index contributed by atoms with van der Waals surface area (Å²) in [5.41, 5.74) is 0. The molecule has 0 radical (unpaired) electrons. The lowest BCUT2D eigenvalue weighted by atomic mass is 9.98. The van der Waals surface area contributed by atoms with Gasteiger partial charge in [0, 0.05) is 12.8 Å². The fraction of sp³-hybridized carbons (Fsp3) is 0.714. The summed E-state index contributed by atoms with van der Waals surface area (Å²) in [6.45, 7) is 2.33. The van der Waals surface area contributed by atoms with E-state index in [0.29, 0.717) is 12.8 Å². The molecular formula is C49H80O15. The van der Waals surface area contributed by atoms with E-state index in [2.05, 4.69) is 50.3 Å². The molecule has 64 heavy (non-hydrogen) atoms. The maximum absolute atomic E-state index is 12.9. The number of rotatable bonds is 34. The van der Waals surface area contributed by atoms with Crippen LogP contribution in [0.2, 0.25) is 0 Å². The van der Waals surface area contributed by atoms with Gasteiger partial charge < -0.3 is 64.2 Å². The summed E-state index contributed by atoms with van der Waals surface area (Å²) in [7, 11) is 0. The number of aliphatic hydroxyl groups excluding tert-OH is 7. The summed E-state index contributed by atoms with van der Waals surface area (Å²) < 4.78 is 33.4. The lowest BCUT2D eigenvalue weighted by Gasteiger charge is -2.42. The molecule has 0 amide bonds. The standard InChI is InChI=1S/C49H80O15/c1-3-5-7-9-11-13-15-17-18-20-21-23-25-27-29-31-40(51)59-34-37(62-41(52)32-30-28-26-24-22-19-16-14-12-10-8-6-4-2)35-60-48-47(58)45(56)43(54)39(64-48)36-61-49-46(57)44(55)42(53)38(33-50)63-49/h6,8,10-17,19,22,37-39,42-50,53-58H,3-5,7,9,18,20-21,23-36H2,1-2H3/b8-6+,12-10+,13-11+,16-14+,17-15+,22-19+/t37?,38-,39-,42+,43+,44?,45?,46?,47?,48-,49-/m1/s1. The highest BCUT2D eigenvalue weighted by atomic mass is 16.7. The third-order valence-corrected chi connectivity index (χ3v) is 10.8. The van der Waals surface area contributed by atoms with E-state index in [9.17, 15) is 45.3 Å². The highest BCUT2D eigenvalue weighted by Gasteiger charge is 2.47. The van der Waals surface area contributed by atoms with Gasteiger partial charge in [0.05, 0.1) is 19.8 Å². The Bertz CT molecular complexity index is 1390. The van der Waals surface area contributed by atoms with Gasteiger partial charge in [-0.05, 0) is 57.8 Å². The van der Waals surface area contributed by atoms with Crippen LogP contribution in [0.15, 0.2) is 72.9 Å². The molecule has 5 unspecified atom stereocenters. The molecule has 0 aromatic heterocycles. The minimum absolute atomic E-state index is 0.113. The molecule has 15 nitrogen and oxygen atoms in total. The largest absolute Gasteiger partial charge is 0.462 e. The van der Waals surface area contributed by atoms with E-state index >= 15 is 0 Å². The van der Waals surface area contributed by atoms with Crippen LogP contribution in [0, 0.1) is 0 Å². The molecule has 0 aromatic rings. The lowest BCUT2D eigenvalue weighted by Crippen LogP contribution is -2.61. The minimum Gasteiger partial charge on any atom is -0.462 e. The third kappa shape index (κ3) is 24.5. The van der Waals surface area contributed by atoms with Gasteiger partial charge in [-0.15, -0.1) is 0 Å². The first-order chi connectivity index (χ1) is 31.0. The molecule has 0 saturated carbocycles. The van der Waals surface area contributed by atoms with Gasteiger partial charge in [-0.3, -0.25) is 9.59 Å². The van der Waals surface area contributed by atoms with E-state index in [0.717, 1.165) is 70.6 Å². The van der Waals surface area contributed by atoms with E-state index in [1.54, 1.807) is 0 Å². The summed E-state index contributed by atoms with van der Waals surface area (Å²) in [5, 5.41) is 71.9. The van der Waals surface area contributed by atoms with Crippen molar-refractivity contribution in [3.63, 3.8) is 0 Å². The van der Waals surface area contributed by atoms with Crippen LogP contribution in [0.5, 0.6) is 0 Å². The van der Waals surface area contributed by atoms with Crippen LogP contribution in [-0.2, 0) is 38.0 Å². The first kappa shape index (κ1) is 57.1. The molecule has 2 aliphatic rings. The maximum atomic E-state index is 12.9. The Morgan fingerprint density at radius 1 is 0.516 bits per heavy atom. The van der Waals surface area contributed by atoms with Gasteiger partial charge in [0.2, 0.25) is 0 Å². The molecule has 11 atom stereocenters. The second kappa shape index (κ2) is 36.1. The zero-order valence-electron chi connectivity index (χ0n) is 38.2. The number of allylic oxidation sites excluding steroid dienone is 12. The molecular weight excluding hydrogens is 829 g/mol. The molecule has 0 bridgehead atoms. The maximum Gasteiger partial charge on any atom is 0.306 e. The summed E-state index contributed by atoms with van der Waals surface area (Å²) in [6.07, 6.45) is 23.7. The van der Waals surface area contributed by atoms with Gasteiger partial charge in [-0.25, -0.2) is 0 Å². The van der Waals surface area contributed by atoms with Gasteiger partial charge in [-0.2, -0.15) is 0 Å². The van der Waals surface area contributed by atoms with Crippen molar-refractivity contribution in [3.8, 4) is 0 Å². The van der Waals surface area contributed by atoms with Crippen molar-refractivity contribution < 1.29 is 73.8 Å². The SMILES string of the molecule is CC/C=C/C=C/C=C/C=C/CCCCCC(=O)OC(COC(=O)CCCCCCCC/C=C/C=C/CCCCC)CO[C@@H]1O[C@H](CO[C@@H]2O[C@H](CO)[C@H](O)C(O)C2O)[C@H](O)C(O)C1O. The molecule has 2 saturated heterocycles. The molecule has 2 fully saturated rings. The minimum atomic E-state index is -1.78. The summed E-state index contributed by atoms with van der Waals surface area (Å²) >= 11 is 0. The number of aliphatic hydroxyl groups is 7. The van der Waals surface area contributed by atoms with Crippen LogP contribution >= 0.6 is 0 Å². The van der Waals surface area contributed by atoms with E-state index in [-0.39, 0.29) is 19.4 Å². The number of esters is 2. The van der Waals surface area contributed by atoms with Gasteiger partial charge in [0.25, 0.3) is 0 Å². The number of hydrogen-bond donors (Lipinski definition) is 7. The molecule has 0 aliphatic carbocycles. The van der Waals surface area contributed by atoms with Crippen molar-refractivity contribution in [3.05, 3.63) is 72.9 Å². The van der Waals surface area contributed by atoms with Crippen molar-refractivity contribution in [1.29, 1.82) is 0 Å². The molecule has 2 aliphatic heterocycles. The second-order valence-electron chi connectivity index (χ2n) is 16.3. The van der Waals surface area contributed by atoms with Crippen LogP contribution in [0.1, 0.15) is 129 Å². The average molecular weight is 909 g/mol. The molecule has 15 heteroatoms. The average Bonchev–Trinajstić information content (AvgIpc) is 3.29. The summed E-state index contributed by atoms with van der Waals surface area (Å²) in [4.78, 5) is 25.6. The fourth-order valence-electron chi connectivity index (χ4n) is 6.86. The number of hydrogen-bond acceptors (Lipinski definition) is 15. The van der Waals surface area contributed by atoms with Crippen LogP contribution in [-0.4, -0.2) is 142 Å². The Kier molecular flexibility index (Phi) is 32.2. The summed E-state index contributed by atoms with van der Waals surface area (Å²) in [6, 6.07) is 0. The molecule has 2 heterocycles. The smallest absolute Gasteiger partial charge is 0.306 e. The quantitative estimate of drug-likeness (QED) is 0.0241. The van der Waals surface area contributed by atoms with E-state index in [1.807, 2.05) is 36.5 Å². The molecule has 2 rings (SSSR count). The fourth-order valence-corrected chi connectivity index (χ4v) is 6.86. The van der Waals surface area contributed by atoms with Crippen molar-refractivity contribution in [2.75, 3.05) is 26.4 Å². The topological polar surface area (TPSA) is 231 Å². The molecule has 0 spiro atoms. The predicted molar refractivity (Wildman–Crippen MR) is 242 cm³/mol. The monoisotopic (exact) mass is 909 g/mol.